The van der Waals surface area contributed by atoms with Gasteiger partial charge in [-0.05, 0) is 19.1 Å². The summed E-state index contributed by atoms with van der Waals surface area (Å²) >= 11 is 0. The number of hydrogen-bond acceptors (Lipinski definition) is 1. The first-order valence-corrected chi connectivity index (χ1v) is 4.17. The average molecular weight is 270 g/mol. The van der Waals surface area contributed by atoms with Gasteiger partial charge in [-0.25, -0.2) is 0 Å². The second kappa shape index (κ2) is 6.98. The van der Waals surface area contributed by atoms with Crippen molar-refractivity contribution >= 4 is 0 Å². The monoisotopic (exact) mass is 270 g/mol. The van der Waals surface area contributed by atoms with E-state index in [1.54, 1.807) is 6.92 Å². The molecule has 0 heterocycles. The molecule has 1 rings (SSSR count). The lowest BCUT2D eigenvalue weighted by Crippen LogP contribution is -2.17. The molecule has 0 spiro atoms. The summed E-state index contributed by atoms with van der Waals surface area (Å²) in [5.74, 6) is 0. The Hall–Kier alpha value is -1.59. The lowest BCUT2D eigenvalue weighted by atomic mass is 10.1. The second-order valence-electron chi connectivity index (χ2n) is 3.02. The van der Waals surface area contributed by atoms with Crippen molar-refractivity contribution in [3.8, 4) is 0 Å². The van der Waals surface area contributed by atoms with E-state index in [1.807, 2.05) is 0 Å². The molecule has 6 heteroatoms. The van der Waals surface area contributed by atoms with Crippen LogP contribution in [-0.4, -0.2) is 0 Å². The standard InChI is InChI=1S/C10H7F5O.2CH4/c1-6-2-4-7(5-3-6)10(14,15)16-9(13)8(11)12;;/h2-5H,1H3;2*1H4. The number of alkyl halides is 2. The SMILES string of the molecule is C.C.Cc1ccc(C(F)(F)OC(F)=C(F)F)cc1. The van der Waals surface area contributed by atoms with E-state index in [1.165, 1.54) is 12.1 Å². The minimum atomic E-state index is -4.12. The van der Waals surface area contributed by atoms with Crippen LogP contribution in [0.3, 0.4) is 0 Å². The molecular formula is C12H15F5O. The molecule has 1 aromatic rings. The Labute approximate surface area is 103 Å². The first-order valence-electron chi connectivity index (χ1n) is 4.17. The molecule has 0 N–H and O–H groups in total. The van der Waals surface area contributed by atoms with Crippen molar-refractivity contribution in [1.29, 1.82) is 0 Å². The van der Waals surface area contributed by atoms with E-state index in [9.17, 15) is 22.0 Å². The normalized spacial score (nSPS) is 9.89. The summed E-state index contributed by atoms with van der Waals surface area (Å²) in [5, 5.41) is 0. The minimum Gasteiger partial charge on any atom is -0.398 e. The van der Waals surface area contributed by atoms with Gasteiger partial charge in [-0.2, -0.15) is 22.0 Å². The fourth-order valence-corrected chi connectivity index (χ4v) is 0.958. The van der Waals surface area contributed by atoms with Gasteiger partial charge >= 0.3 is 18.2 Å². The van der Waals surface area contributed by atoms with Crippen molar-refractivity contribution < 1.29 is 26.7 Å². The zero-order valence-electron chi connectivity index (χ0n) is 8.11. The molecule has 0 radical (unpaired) electrons. The van der Waals surface area contributed by atoms with E-state index in [0.29, 0.717) is 5.56 Å². The zero-order chi connectivity index (χ0) is 12.3. The lowest BCUT2D eigenvalue weighted by molar-refractivity contribution is -0.238. The van der Waals surface area contributed by atoms with Crippen LogP contribution in [0, 0.1) is 6.92 Å². The van der Waals surface area contributed by atoms with Crippen molar-refractivity contribution in [1.82, 2.24) is 0 Å². The molecule has 1 aromatic carbocycles. The van der Waals surface area contributed by atoms with Gasteiger partial charge in [0.2, 0.25) is 0 Å². The Morgan fingerprint density at radius 2 is 1.44 bits per heavy atom. The van der Waals surface area contributed by atoms with Crippen molar-refractivity contribution in [2.75, 3.05) is 0 Å². The molecule has 0 bridgehead atoms. The van der Waals surface area contributed by atoms with Crippen LogP contribution in [0.5, 0.6) is 0 Å². The number of rotatable bonds is 3. The van der Waals surface area contributed by atoms with Gasteiger partial charge in [-0.3, -0.25) is 0 Å². The second-order valence-corrected chi connectivity index (χ2v) is 3.02. The van der Waals surface area contributed by atoms with Crippen molar-refractivity contribution in [3.63, 3.8) is 0 Å². The van der Waals surface area contributed by atoms with Crippen LogP contribution in [0.15, 0.2) is 36.4 Å². The lowest BCUT2D eigenvalue weighted by Gasteiger charge is -2.16. The average Bonchev–Trinajstić information content (AvgIpc) is 2.17. The highest BCUT2D eigenvalue weighted by molar-refractivity contribution is 5.23. The Bertz CT molecular complexity index is 393. The third kappa shape index (κ3) is 4.73. The molecule has 0 aliphatic rings. The van der Waals surface area contributed by atoms with E-state index in [0.717, 1.165) is 12.1 Å². The van der Waals surface area contributed by atoms with Gasteiger partial charge in [0.25, 0.3) is 0 Å². The molecular weight excluding hydrogens is 255 g/mol. The van der Waals surface area contributed by atoms with E-state index < -0.39 is 23.8 Å². The predicted molar refractivity (Wildman–Crippen MR) is 60.0 cm³/mol. The molecule has 0 atom stereocenters. The Morgan fingerprint density at radius 3 is 1.83 bits per heavy atom. The summed E-state index contributed by atoms with van der Waals surface area (Å²) in [6, 6.07) is 2.03. The van der Waals surface area contributed by atoms with Gasteiger partial charge in [-0.1, -0.05) is 32.5 Å². The van der Waals surface area contributed by atoms with Gasteiger partial charge in [0.05, 0.1) is 5.56 Å². The van der Waals surface area contributed by atoms with Crippen LogP contribution < -0.4 is 0 Å². The minimum absolute atomic E-state index is 0. The maximum Gasteiger partial charge on any atom is 0.428 e. The first kappa shape index (κ1) is 18.8. The van der Waals surface area contributed by atoms with E-state index in [2.05, 4.69) is 4.74 Å². The molecule has 0 unspecified atom stereocenters. The first-order chi connectivity index (χ1) is 7.33. The fraction of sp³-hybridized carbons (Fsp3) is 0.333. The van der Waals surface area contributed by atoms with E-state index in [-0.39, 0.29) is 14.9 Å². The van der Waals surface area contributed by atoms with Crippen molar-refractivity contribution in [2.24, 2.45) is 0 Å². The predicted octanol–water partition coefficient (Wildman–Crippen LogP) is 5.37. The number of benzene rings is 1. The maximum absolute atomic E-state index is 13.1. The quantitative estimate of drug-likeness (QED) is 0.530. The third-order valence-corrected chi connectivity index (χ3v) is 1.75. The van der Waals surface area contributed by atoms with Gasteiger partial charge < -0.3 is 4.74 Å². The molecule has 0 aromatic heterocycles. The number of hydrogen-bond donors (Lipinski definition) is 0. The van der Waals surface area contributed by atoms with Gasteiger partial charge in [0.1, 0.15) is 0 Å². The third-order valence-electron chi connectivity index (χ3n) is 1.75. The molecule has 0 amide bonds. The van der Waals surface area contributed by atoms with Crippen LogP contribution in [0.25, 0.3) is 0 Å². The summed E-state index contributed by atoms with van der Waals surface area (Å²) < 4.78 is 64.8. The molecule has 104 valence electrons. The molecule has 0 fully saturated rings. The summed E-state index contributed by atoms with van der Waals surface area (Å²) in [6.45, 7) is 1.66. The number of ether oxygens (including phenoxy) is 1. The number of aryl methyl sites for hydroxylation is 1. The summed E-state index contributed by atoms with van der Waals surface area (Å²) in [4.78, 5) is 0. The Kier molecular flexibility index (Phi) is 7.28. The number of halogens is 5. The van der Waals surface area contributed by atoms with Crippen molar-refractivity contribution in [3.05, 3.63) is 47.5 Å². The fourth-order valence-electron chi connectivity index (χ4n) is 0.958. The molecule has 0 saturated carbocycles. The van der Waals surface area contributed by atoms with Crippen molar-refractivity contribution in [2.45, 2.75) is 27.9 Å². The van der Waals surface area contributed by atoms with Gasteiger partial charge in [0.15, 0.2) is 0 Å². The van der Waals surface area contributed by atoms with Crippen LogP contribution in [0.4, 0.5) is 22.0 Å². The largest absolute Gasteiger partial charge is 0.428 e. The summed E-state index contributed by atoms with van der Waals surface area (Å²) in [7, 11) is 0. The molecule has 0 saturated heterocycles. The van der Waals surface area contributed by atoms with Gasteiger partial charge in [-0.15, -0.1) is 0 Å². The molecule has 0 aliphatic heterocycles. The highest BCUT2D eigenvalue weighted by Gasteiger charge is 2.36. The maximum atomic E-state index is 13.1. The molecule has 0 aliphatic carbocycles. The Balaban J connectivity index is 0. The summed E-state index contributed by atoms with van der Waals surface area (Å²) in [5.41, 5.74) is 0.00161. The highest BCUT2D eigenvalue weighted by atomic mass is 19.3. The van der Waals surface area contributed by atoms with Gasteiger partial charge in [0, 0.05) is 0 Å². The van der Waals surface area contributed by atoms with Crippen LogP contribution in [-0.2, 0) is 10.8 Å². The van der Waals surface area contributed by atoms with E-state index >= 15 is 0 Å². The molecule has 1 nitrogen and oxygen atoms in total. The summed E-state index contributed by atoms with van der Waals surface area (Å²) in [6.07, 6.45) is -7.05. The van der Waals surface area contributed by atoms with E-state index in [4.69, 9.17) is 0 Å². The topological polar surface area (TPSA) is 9.23 Å². The van der Waals surface area contributed by atoms with Crippen LogP contribution in [0.2, 0.25) is 0 Å². The molecule has 18 heavy (non-hydrogen) atoms. The zero-order valence-corrected chi connectivity index (χ0v) is 8.11. The smallest absolute Gasteiger partial charge is 0.398 e. The Morgan fingerprint density at radius 1 is 1.00 bits per heavy atom. The highest BCUT2D eigenvalue weighted by Crippen LogP contribution is 2.33. The van der Waals surface area contributed by atoms with Crippen LogP contribution >= 0.6 is 0 Å². The van der Waals surface area contributed by atoms with Crippen LogP contribution in [0.1, 0.15) is 26.0 Å².